The van der Waals surface area contributed by atoms with Crippen LogP contribution in [-0.2, 0) is 4.74 Å². The van der Waals surface area contributed by atoms with Crippen molar-refractivity contribution >= 4 is 0 Å². The maximum absolute atomic E-state index is 11.3. The van der Waals surface area contributed by atoms with Crippen LogP contribution in [0.15, 0.2) is 0 Å². The highest BCUT2D eigenvalue weighted by Gasteiger charge is 1.99. The number of halogens is 2. The molecule has 0 spiro atoms. The van der Waals surface area contributed by atoms with Crippen molar-refractivity contribution in [2.24, 2.45) is 0 Å². The topological polar surface area (TPSA) is 21.3 Å². The monoisotopic (exact) mass is 139 g/mol. The van der Waals surface area contributed by atoms with Gasteiger partial charge < -0.3 is 10.1 Å². The fraction of sp³-hybridized carbons (Fsp3) is 1.00. The Kier molecular flexibility index (Phi) is 5.76. The molecular weight excluding hydrogens is 128 g/mol. The van der Waals surface area contributed by atoms with E-state index < -0.39 is 13.0 Å². The van der Waals surface area contributed by atoms with E-state index >= 15 is 0 Å². The smallest absolute Gasteiger partial charge is 0.261 e. The minimum atomic E-state index is -2.35. The first-order valence-electron chi connectivity index (χ1n) is 2.78. The summed E-state index contributed by atoms with van der Waals surface area (Å²) in [6.45, 7) is 0.509. The molecule has 0 aromatic heterocycles. The van der Waals surface area contributed by atoms with Crippen molar-refractivity contribution in [3.63, 3.8) is 0 Å². The van der Waals surface area contributed by atoms with Crippen LogP contribution in [0.25, 0.3) is 0 Å². The third-order valence-electron chi connectivity index (χ3n) is 0.740. The highest BCUT2D eigenvalue weighted by atomic mass is 19.3. The van der Waals surface area contributed by atoms with Gasteiger partial charge in [0.05, 0.1) is 6.61 Å². The van der Waals surface area contributed by atoms with Crippen LogP contribution in [0, 0.1) is 0 Å². The van der Waals surface area contributed by atoms with Crippen molar-refractivity contribution in [3.05, 3.63) is 0 Å². The van der Waals surface area contributed by atoms with Gasteiger partial charge in [0.15, 0.2) is 0 Å². The number of likely N-dealkylation sites (N-methyl/N-ethyl adjacent to an activating group) is 1. The number of nitrogens with one attached hydrogen (secondary N) is 1. The van der Waals surface area contributed by atoms with Crippen LogP contribution in [-0.4, -0.2) is 33.2 Å². The molecule has 0 saturated carbocycles. The van der Waals surface area contributed by atoms with Crippen LogP contribution < -0.4 is 5.32 Å². The maximum atomic E-state index is 11.3. The molecule has 0 aliphatic rings. The first-order valence-corrected chi connectivity index (χ1v) is 2.78. The zero-order chi connectivity index (χ0) is 7.11. The summed E-state index contributed by atoms with van der Waals surface area (Å²) in [4.78, 5) is 0. The normalized spacial score (nSPS) is 10.7. The van der Waals surface area contributed by atoms with E-state index in [1.165, 1.54) is 0 Å². The SMILES string of the molecule is CNCCOCC(F)F. The van der Waals surface area contributed by atoms with E-state index in [4.69, 9.17) is 0 Å². The maximum Gasteiger partial charge on any atom is 0.261 e. The van der Waals surface area contributed by atoms with E-state index in [2.05, 4.69) is 10.1 Å². The number of hydrogen-bond donors (Lipinski definition) is 1. The largest absolute Gasteiger partial charge is 0.374 e. The summed E-state index contributed by atoms with van der Waals surface area (Å²) in [5, 5.41) is 2.77. The number of alkyl halides is 2. The lowest BCUT2D eigenvalue weighted by Gasteiger charge is -2.00. The fourth-order valence-corrected chi connectivity index (χ4v) is 0.347. The molecule has 56 valence electrons. The molecule has 9 heavy (non-hydrogen) atoms. The minimum Gasteiger partial charge on any atom is -0.374 e. The van der Waals surface area contributed by atoms with Crippen molar-refractivity contribution in [3.8, 4) is 0 Å². The lowest BCUT2D eigenvalue weighted by Crippen LogP contribution is -2.16. The van der Waals surface area contributed by atoms with Crippen molar-refractivity contribution in [1.29, 1.82) is 0 Å². The van der Waals surface area contributed by atoms with E-state index in [1.807, 2.05) is 0 Å². The van der Waals surface area contributed by atoms with Crippen LogP contribution in [0.5, 0.6) is 0 Å². The molecule has 0 heterocycles. The van der Waals surface area contributed by atoms with Crippen molar-refractivity contribution in [2.75, 3.05) is 26.8 Å². The number of ether oxygens (including phenoxy) is 1. The van der Waals surface area contributed by atoms with Crippen molar-refractivity contribution < 1.29 is 13.5 Å². The van der Waals surface area contributed by atoms with Crippen LogP contribution in [0.3, 0.4) is 0 Å². The quantitative estimate of drug-likeness (QED) is 0.559. The van der Waals surface area contributed by atoms with Gasteiger partial charge in [-0.15, -0.1) is 0 Å². The van der Waals surface area contributed by atoms with Gasteiger partial charge in [-0.3, -0.25) is 0 Å². The average Bonchev–Trinajstić information content (AvgIpc) is 1.80. The molecule has 0 amide bonds. The van der Waals surface area contributed by atoms with Crippen LogP contribution in [0.4, 0.5) is 8.78 Å². The molecule has 0 aliphatic carbocycles. The molecule has 0 atom stereocenters. The molecule has 1 N–H and O–H groups in total. The molecular formula is C5H11F2NO. The summed E-state index contributed by atoms with van der Waals surface area (Å²) in [6, 6.07) is 0. The Balaban J connectivity index is 2.75. The predicted octanol–water partition coefficient (Wildman–Crippen LogP) is 0.487. The lowest BCUT2D eigenvalue weighted by molar-refractivity contribution is 0.0191. The number of hydrogen-bond acceptors (Lipinski definition) is 2. The van der Waals surface area contributed by atoms with Gasteiger partial charge in [0.25, 0.3) is 6.43 Å². The molecule has 0 aliphatic heterocycles. The fourth-order valence-electron chi connectivity index (χ4n) is 0.347. The predicted molar refractivity (Wildman–Crippen MR) is 30.7 cm³/mol. The average molecular weight is 139 g/mol. The molecule has 0 rings (SSSR count). The Morgan fingerprint density at radius 2 is 2.22 bits per heavy atom. The molecule has 4 heteroatoms. The molecule has 0 saturated heterocycles. The summed E-state index contributed by atoms with van der Waals surface area (Å²) >= 11 is 0. The van der Waals surface area contributed by atoms with E-state index in [0.717, 1.165) is 0 Å². The van der Waals surface area contributed by atoms with Crippen LogP contribution in [0.1, 0.15) is 0 Å². The first kappa shape index (κ1) is 8.78. The van der Waals surface area contributed by atoms with Crippen molar-refractivity contribution in [1.82, 2.24) is 5.32 Å². The Labute approximate surface area is 53.2 Å². The van der Waals surface area contributed by atoms with Crippen LogP contribution in [0.2, 0.25) is 0 Å². The summed E-state index contributed by atoms with van der Waals surface area (Å²) in [6.07, 6.45) is -2.35. The minimum absolute atomic E-state index is 0.348. The second kappa shape index (κ2) is 5.91. The first-order chi connectivity index (χ1) is 4.27. The highest BCUT2D eigenvalue weighted by molar-refractivity contribution is 4.37. The van der Waals surface area contributed by atoms with Gasteiger partial charge in [-0.05, 0) is 7.05 Å². The summed E-state index contributed by atoms with van der Waals surface area (Å²) < 4.78 is 27.2. The molecule has 0 bridgehead atoms. The molecule has 2 nitrogen and oxygen atoms in total. The molecule has 0 aromatic carbocycles. The second-order valence-electron chi connectivity index (χ2n) is 1.57. The molecule has 0 radical (unpaired) electrons. The molecule has 0 aromatic rings. The highest BCUT2D eigenvalue weighted by Crippen LogP contribution is 1.90. The van der Waals surface area contributed by atoms with Gasteiger partial charge >= 0.3 is 0 Å². The Morgan fingerprint density at radius 1 is 1.56 bits per heavy atom. The Morgan fingerprint density at radius 3 is 2.67 bits per heavy atom. The van der Waals surface area contributed by atoms with Gasteiger partial charge in [0.1, 0.15) is 6.61 Å². The molecule has 0 unspecified atom stereocenters. The summed E-state index contributed by atoms with van der Waals surface area (Å²) in [7, 11) is 1.74. The van der Waals surface area contributed by atoms with E-state index in [9.17, 15) is 8.78 Å². The van der Waals surface area contributed by atoms with Crippen molar-refractivity contribution in [2.45, 2.75) is 6.43 Å². The second-order valence-corrected chi connectivity index (χ2v) is 1.57. The van der Waals surface area contributed by atoms with Crippen LogP contribution >= 0.6 is 0 Å². The van der Waals surface area contributed by atoms with Gasteiger partial charge in [-0.25, -0.2) is 8.78 Å². The zero-order valence-corrected chi connectivity index (χ0v) is 5.36. The van der Waals surface area contributed by atoms with E-state index in [1.54, 1.807) is 7.05 Å². The standard InChI is InChI=1S/C5H11F2NO/c1-8-2-3-9-4-5(6)7/h5,8H,2-4H2,1H3. The third-order valence-corrected chi connectivity index (χ3v) is 0.740. The summed E-state index contributed by atoms with van der Waals surface area (Å²) in [5.41, 5.74) is 0. The van der Waals surface area contributed by atoms with Gasteiger partial charge in [0.2, 0.25) is 0 Å². The Bertz CT molecular complexity index is 60.9. The van der Waals surface area contributed by atoms with Gasteiger partial charge in [-0.2, -0.15) is 0 Å². The summed E-state index contributed by atoms with van der Waals surface area (Å²) in [5.74, 6) is 0. The molecule has 0 fully saturated rings. The zero-order valence-electron chi connectivity index (χ0n) is 5.36. The number of rotatable bonds is 5. The van der Waals surface area contributed by atoms with Gasteiger partial charge in [-0.1, -0.05) is 0 Å². The van der Waals surface area contributed by atoms with E-state index in [-0.39, 0.29) is 0 Å². The van der Waals surface area contributed by atoms with E-state index in [0.29, 0.717) is 13.2 Å². The van der Waals surface area contributed by atoms with Gasteiger partial charge in [0, 0.05) is 6.54 Å². The Hall–Kier alpha value is -0.220. The third kappa shape index (κ3) is 7.78. The lowest BCUT2D eigenvalue weighted by atomic mass is 10.7.